The molecule has 0 amide bonds. The Morgan fingerprint density at radius 2 is 2.11 bits per heavy atom. The first-order valence-corrected chi connectivity index (χ1v) is 6.59. The number of nitrogens with one attached hydrogen (secondary N) is 1. The van der Waals surface area contributed by atoms with E-state index in [2.05, 4.69) is 29.3 Å². The van der Waals surface area contributed by atoms with Crippen LogP contribution in [0.2, 0.25) is 0 Å². The molecule has 0 bridgehead atoms. The molecule has 4 heteroatoms. The zero-order valence-corrected chi connectivity index (χ0v) is 11.1. The first-order chi connectivity index (χ1) is 8.67. The van der Waals surface area contributed by atoms with E-state index in [1.807, 2.05) is 0 Å². The lowest BCUT2D eigenvalue weighted by Crippen LogP contribution is -2.71. The molecule has 2 heterocycles. The molecule has 2 saturated heterocycles. The van der Waals surface area contributed by atoms with Crippen LogP contribution in [0.3, 0.4) is 0 Å². The Hall–Kier alpha value is -1.42. The van der Waals surface area contributed by atoms with Gasteiger partial charge in [-0.25, -0.2) is 0 Å². The highest BCUT2D eigenvalue weighted by atomic mass is 16.5. The predicted octanol–water partition coefficient (Wildman–Crippen LogP) is 1.25. The number of nitrogens with two attached hydrogens (primary N) is 1. The van der Waals surface area contributed by atoms with E-state index >= 15 is 0 Å². The molecule has 2 aliphatic rings. The normalized spacial score (nSPS) is 20.4. The summed E-state index contributed by atoms with van der Waals surface area (Å²) in [6, 6.07) is 4.14. The van der Waals surface area contributed by atoms with Gasteiger partial charge in [0, 0.05) is 43.3 Å². The maximum absolute atomic E-state index is 5.97. The molecular weight excluding hydrogens is 226 g/mol. The molecule has 1 aromatic rings. The molecule has 4 nitrogen and oxygen atoms in total. The van der Waals surface area contributed by atoms with Crippen molar-refractivity contribution in [3.8, 4) is 5.75 Å². The van der Waals surface area contributed by atoms with E-state index in [1.165, 1.54) is 11.3 Å². The molecule has 0 saturated carbocycles. The van der Waals surface area contributed by atoms with Gasteiger partial charge >= 0.3 is 0 Å². The zero-order valence-electron chi connectivity index (χ0n) is 11.1. The number of hydrogen-bond donors (Lipinski definition) is 2. The van der Waals surface area contributed by atoms with Gasteiger partial charge in [-0.05, 0) is 18.1 Å². The van der Waals surface area contributed by atoms with Crippen LogP contribution in [0.15, 0.2) is 12.1 Å². The molecule has 0 aliphatic carbocycles. The van der Waals surface area contributed by atoms with Crippen LogP contribution >= 0.6 is 0 Å². The number of aryl methyl sites for hydroxylation is 1. The lowest BCUT2D eigenvalue weighted by atomic mass is 9.74. The van der Waals surface area contributed by atoms with Crippen LogP contribution in [0, 0.1) is 5.41 Å². The third kappa shape index (κ3) is 1.63. The SMILES string of the molecule is CCc1cc(N)c(OC)cc1N1CC2(CNC2)C1. The molecule has 0 unspecified atom stereocenters. The van der Waals surface area contributed by atoms with Crippen LogP contribution < -0.4 is 20.7 Å². The summed E-state index contributed by atoms with van der Waals surface area (Å²) in [5, 5.41) is 3.36. The predicted molar refractivity (Wildman–Crippen MR) is 74.3 cm³/mol. The minimum atomic E-state index is 0.541. The van der Waals surface area contributed by atoms with Crippen LogP contribution in [0.25, 0.3) is 0 Å². The first kappa shape index (κ1) is 11.7. The number of nitrogen functional groups attached to an aromatic ring is 1. The fraction of sp³-hybridized carbons (Fsp3) is 0.571. The van der Waals surface area contributed by atoms with Crippen molar-refractivity contribution in [1.29, 1.82) is 0 Å². The molecule has 0 radical (unpaired) electrons. The molecule has 1 spiro atoms. The summed E-state index contributed by atoms with van der Waals surface area (Å²) in [5.74, 6) is 0.787. The summed E-state index contributed by atoms with van der Waals surface area (Å²) >= 11 is 0. The van der Waals surface area contributed by atoms with E-state index in [1.54, 1.807) is 7.11 Å². The monoisotopic (exact) mass is 247 g/mol. The fourth-order valence-electron chi connectivity index (χ4n) is 3.02. The third-order valence-electron chi connectivity index (χ3n) is 4.21. The van der Waals surface area contributed by atoms with Gasteiger partial charge in [0.25, 0.3) is 0 Å². The van der Waals surface area contributed by atoms with Gasteiger partial charge in [-0.15, -0.1) is 0 Å². The Labute approximate surface area is 108 Å². The quantitative estimate of drug-likeness (QED) is 0.789. The van der Waals surface area contributed by atoms with E-state index in [0.717, 1.165) is 44.0 Å². The number of rotatable bonds is 3. The Kier molecular flexibility index (Phi) is 2.63. The summed E-state index contributed by atoms with van der Waals surface area (Å²) in [6.45, 7) is 6.81. The van der Waals surface area contributed by atoms with Gasteiger partial charge in [0.2, 0.25) is 0 Å². The van der Waals surface area contributed by atoms with Crippen molar-refractivity contribution in [2.24, 2.45) is 5.41 Å². The van der Waals surface area contributed by atoms with Gasteiger partial charge < -0.3 is 20.7 Å². The van der Waals surface area contributed by atoms with Gasteiger partial charge in [-0.3, -0.25) is 0 Å². The van der Waals surface area contributed by atoms with Crippen LogP contribution in [0.5, 0.6) is 5.75 Å². The summed E-state index contributed by atoms with van der Waals surface area (Å²) < 4.78 is 5.33. The number of ether oxygens (including phenoxy) is 1. The largest absolute Gasteiger partial charge is 0.495 e. The number of benzene rings is 1. The van der Waals surface area contributed by atoms with E-state index in [9.17, 15) is 0 Å². The number of hydrogen-bond acceptors (Lipinski definition) is 4. The molecule has 3 rings (SSSR count). The Bertz CT molecular complexity index is 460. The average Bonchev–Trinajstić information content (AvgIpc) is 2.26. The zero-order chi connectivity index (χ0) is 12.8. The summed E-state index contributed by atoms with van der Waals surface area (Å²) in [7, 11) is 1.68. The molecule has 98 valence electrons. The van der Waals surface area contributed by atoms with Gasteiger partial charge in [-0.2, -0.15) is 0 Å². The Morgan fingerprint density at radius 1 is 1.39 bits per heavy atom. The van der Waals surface area contributed by atoms with Crippen molar-refractivity contribution in [1.82, 2.24) is 5.32 Å². The van der Waals surface area contributed by atoms with Crippen molar-refractivity contribution in [3.63, 3.8) is 0 Å². The highest BCUT2D eigenvalue weighted by Crippen LogP contribution is 2.41. The second-order valence-corrected chi connectivity index (χ2v) is 5.54. The van der Waals surface area contributed by atoms with E-state index in [4.69, 9.17) is 10.5 Å². The lowest BCUT2D eigenvalue weighted by Gasteiger charge is -2.57. The minimum absolute atomic E-state index is 0.541. The van der Waals surface area contributed by atoms with Crippen molar-refractivity contribution in [2.45, 2.75) is 13.3 Å². The van der Waals surface area contributed by atoms with Gasteiger partial charge in [0.05, 0.1) is 12.8 Å². The highest BCUT2D eigenvalue weighted by molar-refractivity contribution is 5.68. The summed E-state index contributed by atoms with van der Waals surface area (Å²) in [6.07, 6.45) is 1.01. The Morgan fingerprint density at radius 3 is 2.61 bits per heavy atom. The molecule has 0 atom stereocenters. The molecule has 18 heavy (non-hydrogen) atoms. The highest BCUT2D eigenvalue weighted by Gasteiger charge is 2.47. The molecule has 2 fully saturated rings. The van der Waals surface area contributed by atoms with Crippen molar-refractivity contribution >= 4 is 11.4 Å². The first-order valence-electron chi connectivity index (χ1n) is 6.59. The van der Waals surface area contributed by atoms with Gasteiger partial charge in [0.1, 0.15) is 5.75 Å². The van der Waals surface area contributed by atoms with Crippen LogP contribution in [-0.2, 0) is 6.42 Å². The van der Waals surface area contributed by atoms with Crippen molar-refractivity contribution < 1.29 is 4.74 Å². The molecule has 2 aliphatic heterocycles. The number of anilines is 2. The Balaban J connectivity index is 1.86. The van der Waals surface area contributed by atoms with Crippen molar-refractivity contribution in [3.05, 3.63) is 17.7 Å². The lowest BCUT2D eigenvalue weighted by molar-refractivity contribution is 0.121. The van der Waals surface area contributed by atoms with E-state index in [0.29, 0.717) is 5.41 Å². The molecule has 3 N–H and O–H groups in total. The maximum atomic E-state index is 5.97. The third-order valence-corrected chi connectivity index (χ3v) is 4.21. The van der Waals surface area contributed by atoms with Crippen molar-refractivity contribution in [2.75, 3.05) is 43.9 Å². The number of methoxy groups -OCH3 is 1. The van der Waals surface area contributed by atoms with E-state index < -0.39 is 0 Å². The molecule has 1 aromatic carbocycles. The number of nitrogens with zero attached hydrogens (tertiary/aromatic N) is 1. The van der Waals surface area contributed by atoms with Crippen LogP contribution in [-0.4, -0.2) is 33.3 Å². The second-order valence-electron chi connectivity index (χ2n) is 5.54. The maximum Gasteiger partial charge on any atom is 0.143 e. The topological polar surface area (TPSA) is 50.5 Å². The van der Waals surface area contributed by atoms with Crippen LogP contribution in [0.1, 0.15) is 12.5 Å². The average molecular weight is 247 g/mol. The minimum Gasteiger partial charge on any atom is -0.495 e. The smallest absolute Gasteiger partial charge is 0.143 e. The molecule has 0 aromatic heterocycles. The second kappa shape index (κ2) is 4.05. The van der Waals surface area contributed by atoms with Gasteiger partial charge in [-0.1, -0.05) is 6.92 Å². The molecular formula is C14H21N3O. The summed E-state index contributed by atoms with van der Waals surface area (Å²) in [5.41, 5.74) is 9.86. The fourth-order valence-corrected chi connectivity index (χ4v) is 3.02. The van der Waals surface area contributed by atoms with Crippen LogP contribution in [0.4, 0.5) is 11.4 Å². The van der Waals surface area contributed by atoms with Gasteiger partial charge in [0.15, 0.2) is 0 Å². The standard InChI is InChI=1S/C14H21N3O/c1-3-10-4-11(15)13(18-2)5-12(10)17-8-14(9-17)6-16-7-14/h4-5,16H,3,6-9,15H2,1-2H3. The van der Waals surface area contributed by atoms with E-state index in [-0.39, 0.29) is 0 Å². The summed E-state index contributed by atoms with van der Waals surface area (Å²) in [4.78, 5) is 2.45.